The highest BCUT2D eigenvalue weighted by Gasteiger charge is 2.13. The Hall–Kier alpha value is -1.97. The van der Waals surface area contributed by atoms with Gasteiger partial charge in [0, 0.05) is 29.3 Å². The van der Waals surface area contributed by atoms with E-state index in [0.29, 0.717) is 11.3 Å². The highest BCUT2D eigenvalue weighted by atomic mass is 32.2. The largest absolute Gasteiger partial charge is 0.316 e. The van der Waals surface area contributed by atoms with Crippen LogP contribution < -0.4 is 4.80 Å². The van der Waals surface area contributed by atoms with Gasteiger partial charge in [-0.25, -0.2) is 0 Å². The molecule has 0 bridgehead atoms. The Morgan fingerprint density at radius 1 is 1.40 bits per heavy atom. The van der Waals surface area contributed by atoms with Crippen molar-refractivity contribution in [2.75, 3.05) is 12.0 Å². The summed E-state index contributed by atoms with van der Waals surface area (Å²) < 4.78 is 2.73. The molecule has 2 heterocycles. The van der Waals surface area contributed by atoms with Gasteiger partial charge in [-0.3, -0.25) is 14.9 Å². The summed E-state index contributed by atoms with van der Waals surface area (Å²) in [5.74, 6) is 0.663. The van der Waals surface area contributed by atoms with Gasteiger partial charge in [0.1, 0.15) is 0 Å². The molecule has 0 N–H and O–H groups in total. The lowest BCUT2D eigenvalue weighted by molar-refractivity contribution is -0.384. The minimum Gasteiger partial charge on any atom is -0.316 e. The fraction of sp³-hybridized carbons (Fsp3) is 0.250. The van der Waals surface area contributed by atoms with Crippen LogP contribution in [0.25, 0.3) is 10.2 Å². The summed E-state index contributed by atoms with van der Waals surface area (Å²) >= 11 is 4.54. The molecular weight excluding hydrogens is 378 g/mol. The molecule has 130 valence electrons. The molecule has 1 aromatic carbocycles. The van der Waals surface area contributed by atoms with Gasteiger partial charge in [0.15, 0.2) is 4.80 Å². The summed E-state index contributed by atoms with van der Waals surface area (Å²) in [5.41, 5.74) is 0.912. The molecule has 0 aliphatic heterocycles. The summed E-state index contributed by atoms with van der Waals surface area (Å²) in [6, 6.07) is 8.58. The Morgan fingerprint density at radius 3 is 2.92 bits per heavy atom. The Balaban J connectivity index is 2.03. The Bertz CT molecular complexity index is 974. The van der Waals surface area contributed by atoms with E-state index in [1.807, 2.05) is 28.3 Å². The van der Waals surface area contributed by atoms with E-state index in [1.165, 1.54) is 28.7 Å². The van der Waals surface area contributed by atoms with Gasteiger partial charge in [0.25, 0.3) is 11.6 Å². The summed E-state index contributed by atoms with van der Waals surface area (Å²) in [6.07, 6.45) is 2.29. The second kappa shape index (κ2) is 7.94. The number of carbonyl (C=O) groups excluding carboxylic acids is 1. The molecule has 0 aliphatic rings. The second-order valence-corrected chi connectivity index (χ2v) is 8.23. The number of non-ortho nitro benzene ring substituents is 1. The van der Waals surface area contributed by atoms with E-state index >= 15 is 0 Å². The number of hydrogen-bond donors (Lipinski definition) is 0. The first-order chi connectivity index (χ1) is 12.1. The van der Waals surface area contributed by atoms with Gasteiger partial charge >= 0.3 is 0 Å². The fourth-order valence-electron chi connectivity index (χ4n) is 2.37. The van der Waals surface area contributed by atoms with Crippen LogP contribution in [0.15, 0.2) is 40.7 Å². The minimum atomic E-state index is -0.413. The maximum absolute atomic E-state index is 12.3. The van der Waals surface area contributed by atoms with E-state index in [9.17, 15) is 14.9 Å². The predicted octanol–water partition coefficient (Wildman–Crippen LogP) is 3.71. The van der Waals surface area contributed by atoms with Crippen molar-refractivity contribution in [3.8, 4) is 0 Å². The van der Waals surface area contributed by atoms with Crippen molar-refractivity contribution in [2.24, 2.45) is 4.99 Å². The standard InChI is InChI=1S/C16H15N3O3S3/c1-23-8-6-18-13-5-4-11(19(21)22)9-14(13)25-16(18)17-15(20)10-12-3-2-7-24-12/h2-5,7,9H,6,8,10H2,1H3. The molecule has 0 spiro atoms. The minimum absolute atomic E-state index is 0.0437. The highest BCUT2D eigenvalue weighted by molar-refractivity contribution is 7.98. The number of thiophene rings is 1. The Kier molecular flexibility index (Phi) is 5.67. The molecular formula is C16H15N3O3S3. The van der Waals surface area contributed by atoms with Crippen LogP contribution in [-0.4, -0.2) is 27.4 Å². The summed E-state index contributed by atoms with van der Waals surface area (Å²) in [5, 5.41) is 12.9. The first-order valence-corrected chi connectivity index (χ1v) is 10.5. The first kappa shape index (κ1) is 17.8. The zero-order valence-corrected chi connectivity index (χ0v) is 15.8. The van der Waals surface area contributed by atoms with Crippen molar-refractivity contribution in [1.82, 2.24) is 4.57 Å². The molecule has 0 unspecified atom stereocenters. The molecule has 1 amide bonds. The molecule has 0 atom stereocenters. The number of carbonyl (C=O) groups is 1. The number of nitro benzene ring substituents is 1. The molecule has 0 aliphatic carbocycles. The van der Waals surface area contributed by atoms with Gasteiger partial charge in [0.2, 0.25) is 0 Å². The summed E-state index contributed by atoms with van der Waals surface area (Å²) in [7, 11) is 0. The Labute approximate surface area is 156 Å². The zero-order valence-electron chi connectivity index (χ0n) is 13.4. The van der Waals surface area contributed by atoms with Gasteiger partial charge in [-0.15, -0.1) is 11.3 Å². The predicted molar refractivity (Wildman–Crippen MR) is 103 cm³/mol. The summed E-state index contributed by atoms with van der Waals surface area (Å²) in [6.45, 7) is 0.699. The van der Waals surface area contributed by atoms with Crippen molar-refractivity contribution in [3.63, 3.8) is 0 Å². The number of fused-ring (bicyclic) bond motifs is 1. The fourth-order valence-corrected chi connectivity index (χ4v) is 4.54. The molecule has 25 heavy (non-hydrogen) atoms. The quantitative estimate of drug-likeness (QED) is 0.472. The lowest BCUT2D eigenvalue weighted by Crippen LogP contribution is -2.18. The average Bonchev–Trinajstić information content (AvgIpc) is 3.19. The number of nitro groups is 1. The van der Waals surface area contributed by atoms with Crippen LogP contribution in [-0.2, 0) is 17.8 Å². The molecule has 3 aromatic rings. The van der Waals surface area contributed by atoms with E-state index in [-0.39, 0.29) is 18.0 Å². The number of rotatable bonds is 6. The highest BCUT2D eigenvalue weighted by Crippen LogP contribution is 2.23. The third kappa shape index (κ3) is 4.17. The van der Waals surface area contributed by atoms with E-state index in [2.05, 4.69) is 4.99 Å². The van der Waals surface area contributed by atoms with Crippen molar-refractivity contribution in [2.45, 2.75) is 13.0 Å². The number of aryl methyl sites for hydroxylation is 1. The third-order valence-electron chi connectivity index (χ3n) is 3.52. The van der Waals surface area contributed by atoms with E-state index < -0.39 is 4.92 Å². The van der Waals surface area contributed by atoms with Crippen molar-refractivity contribution in [3.05, 3.63) is 55.5 Å². The van der Waals surface area contributed by atoms with Crippen LogP contribution in [0.1, 0.15) is 4.88 Å². The van der Waals surface area contributed by atoms with Gasteiger partial charge in [-0.05, 0) is 23.8 Å². The van der Waals surface area contributed by atoms with Gasteiger partial charge in [-0.1, -0.05) is 17.4 Å². The molecule has 0 fully saturated rings. The molecule has 0 radical (unpaired) electrons. The maximum atomic E-state index is 12.3. The third-order valence-corrected chi connectivity index (χ3v) is 6.03. The number of amides is 1. The molecule has 9 heteroatoms. The smallest absolute Gasteiger partial charge is 0.270 e. The number of thioether (sulfide) groups is 1. The lowest BCUT2D eigenvalue weighted by atomic mass is 10.3. The maximum Gasteiger partial charge on any atom is 0.270 e. The van der Waals surface area contributed by atoms with Crippen molar-refractivity contribution >= 4 is 56.2 Å². The molecule has 3 rings (SSSR count). The number of thiazole rings is 1. The van der Waals surface area contributed by atoms with Crippen LogP contribution in [0.2, 0.25) is 0 Å². The van der Waals surface area contributed by atoms with E-state index in [4.69, 9.17) is 0 Å². The van der Waals surface area contributed by atoms with Crippen LogP contribution >= 0.6 is 34.4 Å². The van der Waals surface area contributed by atoms with Gasteiger partial charge in [0.05, 0.1) is 21.6 Å². The number of nitrogens with zero attached hydrogens (tertiary/aromatic N) is 3. The SMILES string of the molecule is CSCCn1c(=NC(=O)Cc2cccs2)sc2cc([N+](=O)[O-])ccc21. The number of hydrogen-bond acceptors (Lipinski definition) is 6. The normalized spacial score (nSPS) is 12.0. The molecule has 2 aromatic heterocycles. The van der Waals surface area contributed by atoms with Gasteiger partial charge in [-0.2, -0.15) is 16.8 Å². The molecule has 6 nitrogen and oxygen atoms in total. The lowest BCUT2D eigenvalue weighted by Gasteiger charge is -2.03. The van der Waals surface area contributed by atoms with Crippen molar-refractivity contribution < 1.29 is 9.72 Å². The summed E-state index contributed by atoms with van der Waals surface area (Å²) in [4.78, 5) is 28.7. The Morgan fingerprint density at radius 2 is 2.24 bits per heavy atom. The monoisotopic (exact) mass is 393 g/mol. The van der Waals surface area contributed by atoms with Crippen LogP contribution in [0.4, 0.5) is 5.69 Å². The van der Waals surface area contributed by atoms with Crippen LogP contribution in [0, 0.1) is 10.1 Å². The average molecular weight is 394 g/mol. The number of benzene rings is 1. The van der Waals surface area contributed by atoms with E-state index in [0.717, 1.165) is 20.8 Å². The number of aromatic nitrogens is 1. The van der Waals surface area contributed by atoms with E-state index in [1.54, 1.807) is 23.9 Å². The molecule has 0 saturated heterocycles. The molecule has 0 saturated carbocycles. The van der Waals surface area contributed by atoms with Crippen molar-refractivity contribution in [1.29, 1.82) is 0 Å². The van der Waals surface area contributed by atoms with Crippen LogP contribution in [0.5, 0.6) is 0 Å². The van der Waals surface area contributed by atoms with Crippen LogP contribution in [0.3, 0.4) is 0 Å². The first-order valence-electron chi connectivity index (χ1n) is 7.45. The second-order valence-electron chi connectivity index (χ2n) is 5.20. The van der Waals surface area contributed by atoms with Gasteiger partial charge < -0.3 is 4.57 Å². The zero-order chi connectivity index (χ0) is 17.8. The topological polar surface area (TPSA) is 77.5 Å².